The van der Waals surface area contributed by atoms with Crippen molar-refractivity contribution in [3.63, 3.8) is 0 Å². The van der Waals surface area contributed by atoms with E-state index in [0.29, 0.717) is 14.8 Å². The summed E-state index contributed by atoms with van der Waals surface area (Å²) in [6.45, 7) is 5.61. The van der Waals surface area contributed by atoms with Crippen molar-refractivity contribution in [2.45, 2.75) is 39.4 Å². The molecule has 2 heterocycles. The predicted molar refractivity (Wildman–Crippen MR) is 138 cm³/mol. The van der Waals surface area contributed by atoms with E-state index in [1.165, 1.54) is 4.90 Å². The van der Waals surface area contributed by atoms with E-state index in [9.17, 15) is 24.3 Å². The van der Waals surface area contributed by atoms with Crippen molar-refractivity contribution < 1.29 is 24.3 Å². The number of imide groups is 1. The number of amides is 4. The van der Waals surface area contributed by atoms with E-state index in [4.69, 9.17) is 11.6 Å². The summed E-state index contributed by atoms with van der Waals surface area (Å²) in [5, 5.41) is 12.3. The number of carbonyl (C=O) groups excluding carboxylic acids is 3. The van der Waals surface area contributed by atoms with Crippen molar-refractivity contribution in [3.05, 3.63) is 86.1 Å². The number of nitrogens with zero attached hydrogens (tertiary/aromatic N) is 2. The molecule has 0 bridgehead atoms. The Kier molecular flexibility index (Phi) is 6.88. The standard InChI is InChI=1S/C26H24ClN3O5S/c1-26(2,3)30(25(34)35)14-16-7-4-6-15(12-16)13-29-23(32)17-8-5-9-18(21(17)24(29)33)28-22(31)19-10-11-20(27)36-19/h4-12H,13-14H2,1-3H3,(H,28,31)(H,34,35). The molecule has 4 rings (SSSR count). The van der Waals surface area contributed by atoms with Crippen LogP contribution in [-0.4, -0.2) is 44.3 Å². The minimum Gasteiger partial charge on any atom is -0.465 e. The molecule has 2 aromatic carbocycles. The third-order valence-corrected chi connectivity index (χ3v) is 6.99. The summed E-state index contributed by atoms with van der Waals surface area (Å²) in [6.07, 6.45) is -1.03. The molecular formula is C26H24ClN3O5S. The van der Waals surface area contributed by atoms with Gasteiger partial charge in [0.1, 0.15) is 0 Å². The molecule has 0 fully saturated rings. The molecule has 0 saturated carbocycles. The molecule has 3 aromatic rings. The molecule has 0 radical (unpaired) electrons. The van der Waals surface area contributed by atoms with Crippen molar-refractivity contribution in [2.75, 3.05) is 5.32 Å². The Bertz CT molecular complexity index is 1380. The fraction of sp³-hybridized carbons (Fsp3) is 0.231. The molecule has 0 saturated heterocycles. The number of benzene rings is 2. The van der Waals surface area contributed by atoms with Gasteiger partial charge in [-0.25, -0.2) is 4.79 Å². The quantitative estimate of drug-likeness (QED) is 0.400. The maximum Gasteiger partial charge on any atom is 0.408 e. The second-order valence-corrected chi connectivity index (χ2v) is 11.1. The van der Waals surface area contributed by atoms with Crippen LogP contribution >= 0.6 is 22.9 Å². The van der Waals surface area contributed by atoms with Crippen LogP contribution in [-0.2, 0) is 13.1 Å². The largest absolute Gasteiger partial charge is 0.465 e. The second kappa shape index (κ2) is 9.75. The molecule has 2 N–H and O–H groups in total. The van der Waals surface area contributed by atoms with E-state index in [-0.39, 0.29) is 29.9 Å². The van der Waals surface area contributed by atoms with Crippen molar-refractivity contribution in [1.29, 1.82) is 0 Å². The lowest BCUT2D eigenvalue weighted by Crippen LogP contribution is -2.44. The summed E-state index contributed by atoms with van der Waals surface area (Å²) >= 11 is 7.03. The lowest BCUT2D eigenvalue weighted by molar-refractivity contribution is 0.0642. The highest BCUT2D eigenvalue weighted by atomic mass is 35.5. The fourth-order valence-electron chi connectivity index (χ4n) is 3.98. The number of hydrogen-bond acceptors (Lipinski definition) is 5. The molecule has 36 heavy (non-hydrogen) atoms. The van der Waals surface area contributed by atoms with Gasteiger partial charge in [-0.15, -0.1) is 11.3 Å². The number of hydrogen-bond donors (Lipinski definition) is 2. The van der Waals surface area contributed by atoms with Crippen LogP contribution in [0.1, 0.15) is 62.3 Å². The van der Waals surface area contributed by atoms with Crippen LogP contribution < -0.4 is 5.32 Å². The molecular weight excluding hydrogens is 502 g/mol. The Hall–Kier alpha value is -3.69. The predicted octanol–water partition coefficient (Wildman–Crippen LogP) is 5.73. The van der Waals surface area contributed by atoms with Gasteiger partial charge in [-0.1, -0.05) is 41.9 Å². The minimum atomic E-state index is -1.03. The Balaban J connectivity index is 1.55. The van der Waals surface area contributed by atoms with Gasteiger partial charge in [0.2, 0.25) is 0 Å². The third kappa shape index (κ3) is 5.12. The fourth-order valence-corrected chi connectivity index (χ4v) is 4.92. The number of carboxylic acid groups (broad SMARTS) is 1. The van der Waals surface area contributed by atoms with Gasteiger partial charge in [0, 0.05) is 12.1 Å². The number of carbonyl (C=O) groups is 4. The summed E-state index contributed by atoms with van der Waals surface area (Å²) < 4.78 is 0.465. The first-order chi connectivity index (χ1) is 17.0. The summed E-state index contributed by atoms with van der Waals surface area (Å²) in [5.41, 5.74) is 1.42. The minimum absolute atomic E-state index is 0.0106. The summed E-state index contributed by atoms with van der Waals surface area (Å²) in [5.74, 6) is -1.39. The van der Waals surface area contributed by atoms with Gasteiger partial charge in [0.05, 0.1) is 32.6 Å². The molecule has 8 nitrogen and oxygen atoms in total. The molecule has 0 unspecified atom stereocenters. The lowest BCUT2D eigenvalue weighted by Gasteiger charge is -2.33. The Labute approximate surface area is 217 Å². The van der Waals surface area contributed by atoms with Crippen molar-refractivity contribution in [1.82, 2.24) is 9.80 Å². The maximum absolute atomic E-state index is 13.3. The number of halogens is 1. The van der Waals surface area contributed by atoms with Crippen LogP contribution in [0, 0.1) is 0 Å². The molecule has 0 atom stereocenters. The summed E-state index contributed by atoms with van der Waals surface area (Å²) in [4.78, 5) is 53.6. The van der Waals surface area contributed by atoms with E-state index in [2.05, 4.69) is 5.32 Å². The van der Waals surface area contributed by atoms with E-state index in [1.807, 2.05) is 20.8 Å². The topological polar surface area (TPSA) is 107 Å². The van der Waals surface area contributed by atoms with Crippen LogP contribution in [0.2, 0.25) is 4.34 Å². The van der Waals surface area contributed by atoms with E-state index in [0.717, 1.165) is 21.8 Å². The normalized spacial score (nSPS) is 13.1. The van der Waals surface area contributed by atoms with Gasteiger partial charge in [-0.05, 0) is 56.2 Å². The van der Waals surface area contributed by atoms with E-state index < -0.39 is 29.4 Å². The van der Waals surface area contributed by atoms with Crippen LogP contribution in [0.4, 0.5) is 10.5 Å². The SMILES string of the molecule is CC(C)(C)N(Cc1cccc(CN2C(=O)c3cccc(NC(=O)c4ccc(Cl)s4)c3C2=O)c1)C(=O)O. The number of anilines is 1. The first kappa shape index (κ1) is 25.4. The van der Waals surface area contributed by atoms with Crippen LogP contribution in [0.5, 0.6) is 0 Å². The number of rotatable bonds is 6. The Morgan fingerprint density at radius 3 is 2.36 bits per heavy atom. The van der Waals surface area contributed by atoms with Gasteiger partial charge in [0.25, 0.3) is 17.7 Å². The molecule has 1 aromatic heterocycles. The van der Waals surface area contributed by atoms with Gasteiger partial charge in [-0.3, -0.25) is 24.2 Å². The average molecular weight is 526 g/mol. The Morgan fingerprint density at radius 1 is 1.03 bits per heavy atom. The number of nitrogens with one attached hydrogen (secondary N) is 1. The van der Waals surface area contributed by atoms with Crippen molar-refractivity contribution >= 4 is 52.4 Å². The molecule has 1 aliphatic heterocycles. The highest BCUT2D eigenvalue weighted by Crippen LogP contribution is 2.32. The third-order valence-electron chi connectivity index (χ3n) is 5.76. The van der Waals surface area contributed by atoms with E-state index in [1.54, 1.807) is 54.6 Å². The number of thiophene rings is 1. The summed E-state index contributed by atoms with van der Waals surface area (Å²) in [7, 11) is 0. The summed E-state index contributed by atoms with van der Waals surface area (Å²) in [6, 6.07) is 15.1. The van der Waals surface area contributed by atoms with Crippen LogP contribution in [0.15, 0.2) is 54.6 Å². The molecule has 10 heteroatoms. The van der Waals surface area contributed by atoms with Crippen molar-refractivity contribution in [2.24, 2.45) is 0 Å². The zero-order valence-corrected chi connectivity index (χ0v) is 21.4. The van der Waals surface area contributed by atoms with E-state index >= 15 is 0 Å². The van der Waals surface area contributed by atoms with Gasteiger partial charge < -0.3 is 10.4 Å². The molecule has 1 aliphatic rings. The molecule has 4 amide bonds. The first-order valence-corrected chi connectivity index (χ1v) is 12.3. The first-order valence-electron chi connectivity index (χ1n) is 11.1. The van der Waals surface area contributed by atoms with Crippen LogP contribution in [0.25, 0.3) is 0 Å². The van der Waals surface area contributed by atoms with Crippen LogP contribution in [0.3, 0.4) is 0 Å². The lowest BCUT2D eigenvalue weighted by atomic mass is 10.0. The molecule has 186 valence electrons. The van der Waals surface area contributed by atoms with Crippen molar-refractivity contribution in [3.8, 4) is 0 Å². The Morgan fingerprint density at radius 2 is 1.72 bits per heavy atom. The highest BCUT2D eigenvalue weighted by molar-refractivity contribution is 7.18. The van der Waals surface area contributed by atoms with Gasteiger partial charge in [0.15, 0.2) is 0 Å². The molecule has 0 aliphatic carbocycles. The smallest absolute Gasteiger partial charge is 0.408 e. The highest BCUT2D eigenvalue weighted by Gasteiger charge is 2.38. The zero-order valence-electron chi connectivity index (χ0n) is 19.9. The average Bonchev–Trinajstić information content (AvgIpc) is 3.35. The monoisotopic (exact) mass is 525 g/mol. The molecule has 0 spiro atoms. The maximum atomic E-state index is 13.3. The van der Waals surface area contributed by atoms with Gasteiger partial charge in [-0.2, -0.15) is 0 Å². The number of fused-ring (bicyclic) bond motifs is 1. The zero-order chi connectivity index (χ0) is 26.2. The van der Waals surface area contributed by atoms with Gasteiger partial charge >= 0.3 is 6.09 Å². The second-order valence-electron chi connectivity index (χ2n) is 9.34.